The second-order valence-electron chi connectivity index (χ2n) is 7.90. The molecule has 1 N–H and O–H groups in total. The van der Waals surface area contributed by atoms with Crippen molar-refractivity contribution in [3.63, 3.8) is 0 Å². The van der Waals surface area contributed by atoms with E-state index in [1.165, 1.54) is 12.1 Å². The van der Waals surface area contributed by atoms with E-state index in [9.17, 15) is 13.9 Å². The van der Waals surface area contributed by atoms with E-state index in [1.807, 2.05) is 24.3 Å². The summed E-state index contributed by atoms with van der Waals surface area (Å²) in [6.07, 6.45) is 3.89. The molecule has 0 radical (unpaired) electrons. The van der Waals surface area contributed by atoms with Gasteiger partial charge in [-0.25, -0.2) is 18.7 Å². The van der Waals surface area contributed by atoms with Gasteiger partial charge in [0.05, 0.1) is 0 Å². The average molecular weight is 440 g/mol. The molecule has 2 heterocycles. The summed E-state index contributed by atoms with van der Waals surface area (Å²) >= 11 is 0. The zero-order chi connectivity index (χ0) is 22.3. The average Bonchev–Trinajstić information content (AvgIpc) is 2.80. The largest absolute Gasteiger partial charge is 0.424 e. The van der Waals surface area contributed by atoms with Crippen molar-refractivity contribution in [2.75, 3.05) is 26.2 Å². The van der Waals surface area contributed by atoms with Crippen LogP contribution in [0.2, 0.25) is 0 Å². The third kappa shape index (κ3) is 5.85. The van der Waals surface area contributed by atoms with E-state index in [0.29, 0.717) is 24.7 Å². The van der Waals surface area contributed by atoms with E-state index in [-0.39, 0.29) is 12.6 Å². The molecule has 6 nitrogen and oxygen atoms in total. The van der Waals surface area contributed by atoms with Crippen LogP contribution in [0.25, 0.3) is 0 Å². The molecule has 3 aromatic rings. The highest BCUT2D eigenvalue weighted by molar-refractivity contribution is 5.29. The van der Waals surface area contributed by atoms with Gasteiger partial charge in [0.2, 0.25) is 0 Å². The second kappa shape index (κ2) is 10.6. The molecule has 0 aliphatic carbocycles. The lowest BCUT2D eigenvalue weighted by molar-refractivity contribution is 0.0499. The van der Waals surface area contributed by atoms with Crippen LogP contribution in [0.1, 0.15) is 17.5 Å². The van der Waals surface area contributed by atoms with Gasteiger partial charge in [-0.1, -0.05) is 18.2 Å². The highest BCUT2D eigenvalue weighted by Gasteiger charge is 2.27. The van der Waals surface area contributed by atoms with Crippen LogP contribution in [-0.2, 0) is 13.1 Å². The second-order valence-corrected chi connectivity index (χ2v) is 7.90. The molecule has 1 saturated heterocycles. The van der Waals surface area contributed by atoms with Gasteiger partial charge in [0.25, 0.3) is 0 Å². The minimum atomic E-state index is -0.835. The van der Waals surface area contributed by atoms with Gasteiger partial charge >= 0.3 is 6.01 Å². The predicted octanol–water partition coefficient (Wildman–Crippen LogP) is 3.62. The molecule has 1 fully saturated rings. The van der Waals surface area contributed by atoms with Gasteiger partial charge in [0.15, 0.2) is 11.6 Å². The number of hydrogen-bond donors (Lipinski definition) is 1. The molecule has 4 rings (SSSR count). The summed E-state index contributed by atoms with van der Waals surface area (Å²) in [6.45, 7) is 3.82. The SMILES string of the molecule is OCC[C@@H]1CN(Cc2ccc(Oc3ncccn3)cc2)CCN1Cc1ccc(F)c(F)c1. The van der Waals surface area contributed by atoms with Crippen molar-refractivity contribution in [3.8, 4) is 11.8 Å². The normalized spacial score (nSPS) is 17.4. The topological polar surface area (TPSA) is 61.7 Å². The summed E-state index contributed by atoms with van der Waals surface area (Å²) in [5.41, 5.74) is 1.89. The first-order chi connectivity index (χ1) is 15.6. The lowest BCUT2D eigenvalue weighted by Crippen LogP contribution is -2.52. The summed E-state index contributed by atoms with van der Waals surface area (Å²) in [7, 11) is 0. The number of halogens is 2. The third-order valence-corrected chi connectivity index (χ3v) is 5.60. The summed E-state index contributed by atoms with van der Waals surface area (Å²) in [5.74, 6) is -0.987. The molecule has 0 saturated carbocycles. The number of aromatic nitrogens is 2. The van der Waals surface area contributed by atoms with Gasteiger partial charge in [0.1, 0.15) is 5.75 Å². The molecule has 0 amide bonds. The monoisotopic (exact) mass is 440 g/mol. The van der Waals surface area contributed by atoms with Crippen molar-refractivity contribution in [1.29, 1.82) is 0 Å². The zero-order valence-electron chi connectivity index (χ0n) is 17.7. The van der Waals surface area contributed by atoms with Crippen LogP contribution in [0.3, 0.4) is 0 Å². The van der Waals surface area contributed by atoms with Crippen LogP contribution >= 0.6 is 0 Å². The molecule has 168 valence electrons. The van der Waals surface area contributed by atoms with Gasteiger partial charge in [-0.2, -0.15) is 0 Å². The number of hydrogen-bond acceptors (Lipinski definition) is 6. The zero-order valence-corrected chi connectivity index (χ0v) is 17.7. The Morgan fingerprint density at radius 3 is 2.41 bits per heavy atom. The number of rotatable bonds is 8. The maximum Gasteiger partial charge on any atom is 0.321 e. The molecule has 2 aromatic carbocycles. The number of aliphatic hydroxyl groups is 1. The quantitative estimate of drug-likeness (QED) is 0.578. The fraction of sp³-hybridized carbons (Fsp3) is 0.333. The van der Waals surface area contributed by atoms with Crippen LogP contribution in [0.5, 0.6) is 11.8 Å². The Bertz CT molecular complexity index is 1000. The highest BCUT2D eigenvalue weighted by Crippen LogP contribution is 2.22. The first kappa shape index (κ1) is 22.3. The molecule has 1 aliphatic heterocycles. The summed E-state index contributed by atoms with van der Waals surface area (Å²) in [5, 5.41) is 9.53. The van der Waals surface area contributed by atoms with E-state index in [0.717, 1.165) is 37.3 Å². The van der Waals surface area contributed by atoms with Gasteiger partial charge in [0, 0.05) is 57.8 Å². The Labute approximate surface area is 186 Å². The van der Waals surface area contributed by atoms with Crippen molar-refractivity contribution in [2.24, 2.45) is 0 Å². The molecule has 0 bridgehead atoms. The van der Waals surface area contributed by atoms with E-state index < -0.39 is 11.6 Å². The maximum atomic E-state index is 13.6. The van der Waals surface area contributed by atoms with Crippen molar-refractivity contribution in [1.82, 2.24) is 19.8 Å². The van der Waals surface area contributed by atoms with Gasteiger partial charge in [-0.15, -0.1) is 0 Å². The van der Waals surface area contributed by atoms with Crippen molar-refractivity contribution >= 4 is 0 Å². The predicted molar refractivity (Wildman–Crippen MR) is 116 cm³/mol. The highest BCUT2D eigenvalue weighted by atomic mass is 19.2. The van der Waals surface area contributed by atoms with Crippen molar-refractivity contribution in [2.45, 2.75) is 25.6 Å². The molecule has 8 heteroatoms. The summed E-state index contributed by atoms with van der Waals surface area (Å²) in [6, 6.07) is 14.1. The third-order valence-electron chi connectivity index (χ3n) is 5.60. The summed E-state index contributed by atoms with van der Waals surface area (Å²) < 4.78 is 32.4. The number of piperazine rings is 1. The number of nitrogens with zero attached hydrogens (tertiary/aromatic N) is 4. The van der Waals surface area contributed by atoms with Crippen LogP contribution in [0.4, 0.5) is 8.78 Å². The Morgan fingerprint density at radius 2 is 1.69 bits per heavy atom. The van der Waals surface area contributed by atoms with Gasteiger partial charge < -0.3 is 9.84 Å². The van der Waals surface area contributed by atoms with Crippen molar-refractivity contribution in [3.05, 3.63) is 83.7 Å². The van der Waals surface area contributed by atoms with E-state index >= 15 is 0 Å². The molecular weight excluding hydrogens is 414 g/mol. The maximum absolute atomic E-state index is 13.6. The van der Waals surface area contributed by atoms with Crippen LogP contribution in [0.15, 0.2) is 60.9 Å². The van der Waals surface area contributed by atoms with Crippen molar-refractivity contribution < 1.29 is 18.6 Å². The number of ether oxygens (including phenoxy) is 1. The summed E-state index contributed by atoms with van der Waals surface area (Å²) in [4.78, 5) is 12.7. The molecule has 1 atom stereocenters. The minimum absolute atomic E-state index is 0.0837. The lowest BCUT2D eigenvalue weighted by Gasteiger charge is -2.41. The molecule has 1 aliphatic rings. The lowest BCUT2D eigenvalue weighted by atomic mass is 10.1. The molecule has 0 spiro atoms. The molecule has 32 heavy (non-hydrogen) atoms. The number of benzene rings is 2. The first-order valence-corrected chi connectivity index (χ1v) is 10.7. The minimum Gasteiger partial charge on any atom is -0.424 e. The molecule has 0 unspecified atom stereocenters. The Hall–Kier alpha value is -2.94. The van der Waals surface area contributed by atoms with Crippen LogP contribution in [-0.4, -0.2) is 57.2 Å². The smallest absolute Gasteiger partial charge is 0.321 e. The Morgan fingerprint density at radius 1 is 0.938 bits per heavy atom. The van der Waals surface area contributed by atoms with E-state index in [4.69, 9.17) is 4.74 Å². The van der Waals surface area contributed by atoms with E-state index in [1.54, 1.807) is 24.5 Å². The molecular formula is C24H26F2N4O2. The number of aliphatic hydroxyl groups excluding tert-OH is 1. The molecule has 1 aromatic heterocycles. The first-order valence-electron chi connectivity index (χ1n) is 10.7. The fourth-order valence-electron chi connectivity index (χ4n) is 3.97. The van der Waals surface area contributed by atoms with Crippen LogP contribution < -0.4 is 4.74 Å². The van der Waals surface area contributed by atoms with E-state index in [2.05, 4.69) is 19.8 Å². The fourth-order valence-corrected chi connectivity index (χ4v) is 3.97. The van der Waals surface area contributed by atoms with Gasteiger partial charge in [-0.05, 0) is 47.9 Å². The standard InChI is InChI=1S/C24H26F2N4O2/c25-22-7-4-19(14-23(22)26)16-30-12-11-29(17-20(30)8-13-31)15-18-2-5-21(6-3-18)32-24-27-9-1-10-28-24/h1-7,9-10,14,20,31H,8,11-13,15-17H2/t20-/m1/s1. The van der Waals surface area contributed by atoms with Gasteiger partial charge in [-0.3, -0.25) is 9.80 Å². The van der Waals surface area contributed by atoms with Crippen LogP contribution in [0, 0.1) is 11.6 Å². The Kier molecular flexibility index (Phi) is 7.36. The Balaban J connectivity index is 1.34.